The van der Waals surface area contributed by atoms with Crippen LogP contribution in [0.2, 0.25) is 0 Å². The van der Waals surface area contributed by atoms with Gasteiger partial charge in [0.2, 0.25) is 0 Å². The van der Waals surface area contributed by atoms with Crippen molar-refractivity contribution in [3.63, 3.8) is 0 Å². The summed E-state index contributed by atoms with van der Waals surface area (Å²) in [6.45, 7) is 0.0860. The number of rotatable bonds is 5. The lowest BCUT2D eigenvalue weighted by Crippen LogP contribution is -2.16. The van der Waals surface area contributed by atoms with Crippen molar-refractivity contribution in [1.29, 1.82) is 0 Å². The number of ether oxygens (including phenoxy) is 1. The second-order valence-corrected chi connectivity index (χ2v) is 6.61. The summed E-state index contributed by atoms with van der Waals surface area (Å²) < 4.78 is 17.4. The zero-order chi connectivity index (χ0) is 20.5. The molecule has 0 radical (unpaired) electrons. The molecule has 0 aliphatic rings. The molecule has 0 amide bonds. The molecule has 0 bridgehead atoms. The first-order valence-corrected chi connectivity index (χ1v) is 9.23. The van der Waals surface area contributed by atoms with E-state index in [4.69, 9.17) is 13.7 Å². The van der Waals surface area contributed by atoms with Crippen molar-refractivity contribution in [3.8, 4) is 28.5 Å². The van der Waals surface area contributed by atoms with E-state index in [1.54, 1.807) is 37.7 Å². The predicted octanol–water partition coefficient (Wildman–Crippen LogP) is 3.76. The number of fused-ring (bicyclic) bond motifs is 1. The van der Waals surface area contributed by atoms with Crippen LogP contribution >= 0.6 is 0 Å². The molecule has 0 spiro atoms. The van der Waals surface area contributed by atoms with E-state index in [2.05, 4.69) is 15.2 Å². The zero-order valence-corrected chi connectivity index (χ0v) is 16.0. The molecule has 0 saturated carbocycles. The monoisotopic (exact) mass is 400 g/mol. The zero-order valence-electron chi connectivity index (χ0n) is 16.0. The van der Waals surface area contributed by atoms with Crippen molar-refractivity contribution in [2.45, 2.75) is 6.54 Å². The minimum atomic E-state index is -0.588. The lowest BCUT2D eigenvalue weighted by Gasteiger charge is -2.09. The van der Waals surface area contributed by atoms with Crippen LogP contribution in [0.5, 0.6) is 5.75 Å². The summed E-state index contributed by atoms with van der Waals surface area (Å²) in [5.41, 5.74) is 2.06. The first kappa shape index (κ1) is 17.9. The van der Waals surface area contributed by atoms with Crippen molar-refractivity contribution in [2.75, 3.05) is 7.11 Å². The molecule has 5 rings (SSSR count). The Hall–Kier alpha value is -4.20. The Morgan fingerprint density at radius 1 is 1.10 bits per heavy atom. The van der Waals surface area contributed by atoms with Gasteiger partial charge in [-0.1, -0.05) is 35.5 Å². The van der Waals surface area contributed by atoms with Crippen LogP contribution < -0.4 is 10.5 Å². The number of methoxy groups -OCH3 is 1. The maximum atomic E-state index is 12.2. The maximum Gasteiger partial charge on any atom is 0.437 e. The number of pyridine rings is 1. The topological polar surface area (TPSA) is 96.2 Å². The summed E-state index contributed by atoms with van der Waals surface area (Å²) in [5, 5.41) is 10.5. The van der Waals surface area contributed by atoms with Gasteiger partial charge in [0.25, 0.3) is 5.89 Å². The number of aromatic nitrogens is 4. The molecule has 5 aromatic rings. The van der Waals surface area contributed by atoms with E-state index in [0.717, 1.165) is 16.3 Å². The van der Waals surface area contributed by atoms with Gasteiger partial charge in [-0.25, -0.2) is 4.79 Å². The molecule has 0 saturated heterocycles. The third-order valence-electron chi connectivity index (χ3n) is 4.75. The van der Waals surface area contributed by atoms with Crippen LogP contribution in [0.15, 0.2) is 80.7 Å². The van der Waals surface area contributed by atoms with Crippen LogP contribution in [-0.4, -0.2) is 27.0 Å². The fourth-order valence-electron chi connectivity index (χ4n) is 3.35. The van der Waals surface area contributed by atoms with Crippen molar-refractivity contribution >= 4 is 10.8 Å². The summed E-state index contributed by atoms with van der Waals surface area (Å²) in [7, 11) is 1.61. The molecule has 0 N–H and O–H groups in total. The van der Waals surface area contributed by atoms with Crippen molar-refractivity contribution in [2.24, 2.45) is 0 Å². The van der Waals surface area contributed by atoms with E-state index < -0.39 is 5.76 Å². The van der Waals surface area contributed by atoms with Gasteiger partial charge in [0.1, 0.15) is 18.0 Å². The Labute approximate surface area is 170 Å². The minimum absolute atomic E-state index is 0.0860. The molecule has 2 aromatic carbocycles. The molecular weight excluding hydrogens is 384 g/mol. The van der Waals surface area contributed by atoms with Gasteiger partial charge in [0, 0.05) is 18.5 Å². The Morgan fingerprint density at radius 3 is 2.83 bits per heavy atom. The molecule has 148 valence electrons. The normalized spacial score (nSPS) is 11.1. The smallest absolute Gasteiger partial charge is 0.437 e. The Balaban J connectivity index is 1.50. The predicted molar refractivity (Wildman–Crippen MR) is 109 cm³/mol. The van der Waals surface area contributed by atoms with E-state index in [-0.39, 0.29) is 12.4 Å². The average molecular weight is 400 g/mol. The molecule has 8 heteroatoms. The second-order valence-electron chi connectivity index (χ2n) is 6.61. The van der Waals surface area contributed by atoms with Crippen molar-refractivity contribution in [1.82, 2.24) is 19.9 Å². The molecular formula is C22H16N4O4. The lowest BCUT2D eigenvalue weighted by molar-refractivity contribution is 0.366. The highest BCUT2D eigenvalue weighted by atomic mass is 16.5. The van der Waals surface area contributed by atoms with Crippen molar-refractivity contribution in [3.05, 3.63) is 83.3 Å². The lowest BCUT2D eigenvalue weighted by atomic mass is 10.0. The summed E-state index contributed by atoms with van der Waals surface area (Å²) in [6.07, 6.45) is 3.21. The van der Waals surface area contributed by atoms with Gasteiger partial charge in [-0.2, -0.15) is 4.68 Å². The molecule has 0 fully saturated rings. The first-order chi connectivity index (χ1) is 14.7. The third kappa shape index (κ3) is 3.14. The minimum Gasteiger partial charge on any atom is -0.496 e. The van der Waals surface area contributed by atoms with Crippen LogP contribution in [0.3, 0.4) is 0 Å². The largest absolute Gasteiger partial charge is 0.496 e. The fraction of sp³-hybridized carbons (Fsp3) is 0.0909. The van der Waals surface area contributed by atoms with Crippen LogP contribution in [0.4, 0.5) is 0 Å². The van der Waals surface area contributed by atoms with Crippen LogP contribution in [0, 0.1) is 0 Å². The van der Waals surface area contributed by atoms with Gasteiger partial charge in [0.05, 0.1) is 18.2 Å². The molecule has 8 nitrogen and oxygen atoms in total. The summed E-state index contributed by atoms with van der Waals surface area (Å²) in [4.78, 5) is 16.2. The van der Waals surface area contributed by atoms with Crippen molar-refractivity contribution < 1.29 is 13.7 Å². The van der Waals surface area contributed by atoms with Gasteiger partial charge in [-0.15, -0.1) is 5.10 Å². The van der Waals surface area contributed by atoms with Crippen LogP contribution in [0.25, 0.3) is 33.5 Å². The third-order valence-corrected chi connectivity index (χ3v) is 4.75. The van der Waals surface area contributed by atoms with E-state index in [1.165, 1.54) is 4.68 Å². The van der Waals surface area contributed by atoms with E-state index >= 15 is 0 Å². The highest BCUT2D eigenvalue weighted by Crippen LogP contribution is 2.36. The SMILES string of the molecule is COc1ccc2ccccc2c1-c1cc(Cn2nc(-c3cccnc3)oc2=O)on1. The molecule has 3 aromatic heterocycles. The Bertz CT molecular complexity index is 1390. The van der Waals surface area contributed by atoms with Gasteiger partial charge in [0.15, 0.2) is 5.76 Å². The summed E-state index contributed by atoms with van der Waals surface area (Å²) in [5.74, 6) is 0.761. The first-order valence-electron chi connectivity index (χ1n) is 9.23. The Morgan fingerprint density at radius 2 is 2.00 bits per heavy atom. The standard InChI is InChI=1S/C22H16N4O4/c1-28-19-9-8-14-5-2-3-7-17(14)20(19)18-11-16(30-25-18)13-26-22(27)29-21(24-26)15-6-4-10-23-12-15/h2-12H,13H2,1H3. The van der Waals surface area contributed by atoms with E-state index in [0.29, 0.717) is 22.8 Å². The average Bonchev–Trinajstić information content (AvgIpc) is 3.40. The molecule has 3 heterocycles. The van der Waals surface area contributed by atoms with Crippen LogP contribution in [-0.2, 0) is 6.54 Å². The summed E-state index contributed by atoms with van der Waals surface area (Å²) >= 11 is 0. The molecule has 30 heavy (non-hydrogen) atoms. The number of benzene rings is 2. The quantitative estimate of drug-likeness (QED) is 0.443. The number of hydrogen-bond acceptors (Lipinski definition) is 7. The van der Waals surface area contributed by atoms with Gasteiger partial charge in [-0.05, 0) is 29.0 Å². The highest BCUT2D eigenvalue weighted by Gasteiger charge is 2.17. The molecule has 0 aliphatic carbocycles. The maximum absolute atomic E-state index is 12.2. The fourth-order valence-corrected chi connectivity index (χ4v) is 3.35. The highest BCUT2D eigenvalue weighted by molar-refractivity contribution is 5.98. The second kappa shape index (κ2) is 7.32. The van der Waals surface area contributed by atoms with E-state index in [1.807, 2.05) is 36.4 Å². The Kier molecular flexibility index (Phi) is 4.36. The summed E-state index contributed by atoms with van der Waals surface area (Å²) in [6, 6.07) is 17.1. The van der Waals surface area contributed by atoms with E-state index in [9.17, 15) is 4.79 Å². The van der Waals surface area contributed by atoms with Crippen LogP contribution in [0.1, 0.15) is 5.76 Å². The number of nitrogens with zero attached hydrogens (tertiary/aromatic N) is 4. The van der Waals surface area contributed by atoms with Gasteiger partial charge in [-0.3, -0.25) is 4.98 Å². The van der Waals surface area contributed by atoms with Gasteiger partial charge >= 0.3 is 5.76 Å². The molecule has 0 aliphatic heterocycles. The molecule has 0 atom stereocenters. The van der Waals surface area contributed by atoms with Gasteiger partial charge < -0.3 is 13.7 Å². The number of hydrogen-bond donors (Lipinski definition) is 0. The molecule has 0 unspecified atom stereocenters.